The Bertz CT molecular complexity index is 447. The lowest BCUT2D eigenvalue weighted by Crippen LogP contribution is -2.39. The van der Waals surface area contributed by atoms with Crippen LogP contribution in [0.1, 0.15) is 45.4 Å². The normalized spacial score (nSPS) is 21.0. The number of rotatable bonds is 5. The summed E-state index contributed by atoms with van der Waals surface area (Å²) in [5, 5.41) is 0. The molecular formula is C16H25NO4. The van der Waals surface area contributed by atoms with E-state index in [2.05, 4.69) is 0 Å². The molecule has 0 aromatic heterocycles. The molecule has 0 radical (unpaired) electrons. The van der Waals surface area contributed by atoms with E-state index in [0.29, 0.717) is 24.2 Å². The van der Waals surface area contributed by atoms with Gasteiger partial charge >= 0.3 is 11.9 Å². The molecule has 118 valence electrons. The Morgan fingerprint density at radius 1 is 1.33 bits per heavy atom. The van der Waals surface area contributed by atoms with E-state index in [1.165, 1.54) is 0 Å². The van der Waals surface area contributed by atoms with Crippen LogP contribution in [0.3, 0.4) is 0 Å². The van der Waals surface area contributed by atoms with Gasteiger partial charge in [0.25, 0.3) is 0 Å². The summed E-state index contributed by atoms with van der Waals surface area (Å²) in [5.41, 5.74) is 0.470. The van der Waals surface area contributed by atoms with Gasteiger partial charge in [-0.3, -0.25) is 0 Å². The van der Waals surface area contributed by atoms with Crippen molar-refractivity contribution in [3.63, 3.8) is 0 Å². The molecule has 0 saturated heterocycles. The van der Waals surface area contributed by atoms with Gasteiger partial charge < -0.3 is 14.4 Å². The molecule has 1 aliphatic carbocycles. The van der Waals surface area contributed by atoms with Gasteiger partial charge in [-0.1, -0.05) is 0 Å². The third-order valence-electron chi connectivity index (χ3n) is 4.31. The van der Waals surface area contributed by atoms with Crippen LogP contribution in [0.2, 0.25) is 0 Å². The standard InChI is InChI=1S/C16H25NO4/c1-12-13(15(19)20-10-6-9-17(2)3)11-16(21-14(12)18)7-4-5-8-16/h4-11H2,1-3H3. The average molecular weight is 295 g/mol. The summed E-state index contributed by atoms with van der Waals surface area (Å²) in [6, 6.07) is 0. The smallest absolute Gasteiger partial charge is 0.334 e. The van der Waals surface area contributed by atoms with Crippen molar-refractivity contribution in [3.8, 4) is 0 Å². The molecule has 1 aliphatic heterocycles. The van der Waals surface area contributed by atoms with Gasteiger partial charge in [0.05, 0.1) is 12.2 Å². The molecule has 5 nitrogen and oxygen atoms in total. The van der Waals surface area contributed by atoms with Gasteiger partial charge in [0.1, 0.15) is 5.60 Å². The Balaban J connectivity index is 1.97. The second-order valence-corrected chi connectivity index (χ2v) is 6.35. The molecular weight excluding hydrogens is 270 g/mol. The van der Waals surface area contributed by atoms with Gasteiger partial charge in [-0.05, 0) is 53.1 Å². The van der Waals surface area contributed by atoms with Crippen LogP contribution >= 0.6 is 0 Å². The number of nitrogens with zero attached hydrogens (tertiary/aromatic N) is 1. The highest BCUT2D eigenvalue weighted by Gasteiger charge is 2.44. The van der Waals surface area contributed by atoms with Crippen molar-refractivity contribution in [1.82, 2.24) is 4.90 Å². The molecule has 2 rings (SSSR count). The van der Waals surface area contributed by atoms with E-state index >= 15 is 0 Å². The number of esters is 2. The van der Waals surface area contributed by atoms with E-state index in [9.17, 15) is 9.59 Å². The minimum absolute atomic E-state index is 0.353. The third-order valence-corrected chi connectivity index (χ3v) is 4.31. The maximum absolute atomic E-state index is 12.2. The van der Waals surface area contributed by atoms with Crippen LogP contribution in [0.4, 0.5) is 0 Å². The highest BCUT2D eigenvalue weighted by molar-refractivity contribution is 6.01. The van der Waals surface area contributed by atoms with Crippen LogP contribution in [-0.4, -0.2) is 49.7 Å². The second-order valence-electron chi connectivity index (χ2n) is 6.35. The second kappa shape index (κ2) is 6.60. The Morgan fingerprint density at radius 2 is 2.00 bits per heavy atom. The molecule has 1 fully saturated rings. The Hall–Kier alpha value is -1.36. The zero-order valence-corrected chi connectivity index (χ0v) is 13.2. The first-order valence-corrected chi connectivity index (χ1v) is 7.68. The van der Waals surface area contributed by atoms with Crippen LogP contribution < -0.4 is 0 Å². The summed E-state index contributed by atoms with van der Waals surface area (Å²) < 4.78 is 10.9. The summed E-state index contributed by atoms with van der Waals surface area (Å²) in [4.78, 5) is 26.3. The molecule has 21 heavy (non-hydrogen) atoms. The average Bonchev–Trinajstić information content (AvgIpc) is 2.87. The fourth-order valence-corrected chi connectivity index (χ4v) is 3.04. The number of hydrogen-bond acceptors (Lipinski definition) is 5. The van der Waals surface area contributed by atoms with Crippen molar-refractivity contribution in [2.24, 2.45) is 0 Å². The number of ether oxygens (including phenoxy) is 2. The zero-order valence-electron chi connectivity index (χ0n) is 13.2. The van der Waals surface area contributed by atoms with E-state index in [4.69, 9.17) is 9.47 Å². The molecule has 0 bridgehead atoms. The number of carbonyl (C=O) groups excluding carboxylic acids is 2. The van der Waals surface area contributed by atoms with Crippen molar-refractivity contribution in [1.29, 1.82) is 0 Å². The van der Waals surface area contributed by atoms with Crippen molar-refractivity contribution in [2.75, 3.05) is 27.2 Å². The molecule has 2 aliphatic rings. The van der Waals surface area contributed by atoms with Crippen LogP contribution in [0.15, 0.2) is 11.1 Å². The van der Waals surface area contributed by atoms with E-state index in [1.807, 2.05) is 19.0 Å². The minimum Gasteiger partial charge on any atom is -0.462 e. The topological polar surface area (TPSA) is 55.8 Å². The summed E-state index contributed by atoms with van der Waals surface area (Å²) >= 11 is 0. The van der Waals surface area contributed by atoms with Crippen molar-refractivity contribution >= 4 is 11.9 Å². The van der Waals surface area contributed by atoms with Crippen LogP contribution in [0.25, 0.3) is 0 Å². The lowest BCUT2D eigenvalue weighted by molar-refractivity contribution is -0.159. The Labute approximate surface area is 126 Å². The van der Waals surface area contributed by atoms with Gasteiger partial charge in [-0.25, -0.2) is 9.59 Å². The number of carbonyl (C=O) groups is 2. The summed E-state index contributed by atoms with van der Waals surface area (Å²) in [6.45, 7) is 2.91. The fourth-order valence-electron chi connectivity index (χ4n) is 3.04. The first-order chi connectivity index (χ1) is 9.93. The maximum Gasteiger partial charge on any atom is 0.334 e. The number of hydrogen-bond donors (Lipinski definition) is 0. The molecule has 1 saturated carbocycles. The Morgan fingerprint density at radius 3 is 2.62 bits per heavy atom. The predicted octanol–water partition coefficient (Wildman–Crippen LogP) is 2.06. The van der Waals surface area contributed by atoms with Gasteiger partial charge in [-0.2, -0.15) is 0 Å². The summed E-state index contributed by atoms with van der Waals surface area (Å²) in [5.74, 6) is -0.711. The predicted molar refractivity (Wildman–Crippen MR) is 78.7 cm³/mol. The van der Waals surface area contributed by atoms with Crippen LogP contribution in [-0.2, 0) is 19.1 Å². The van der Waals surface area contributed by atoms with Gasteiger partial charge in [0.2, 0.25) is 0 Å². The largest absolute Gasteiger partial charge is 0.462 e. The molecule has 0 aromatic rings. The lowest BCUT2D eigenvalue weighted by Gasteiger charge is -2.34. The van der Waals surface area contributed by atoms with Crippen LogP contribution in [0, 0.1) is 0 Å². The first-order valence-electron chi connectivity index (χ1n) is 7.68. The fraction of sp³-hybridized carbons (Fsp3) is 0.750. The Kier molecular flexibility index (Phi) is 5.04. The molecule has 0 N–H and O–H groups in total. The monoisotopic (exact) mass is 295 g/mol. The lowest BCUT2D eigenvalue weighted by atomic mass is 9.87. The molecule has 1 heterocycles. The zero-order chi connectivity index (χ0) is 15.5. The summed E-state index contributed by atoms with van der Waals surface area (Å²) in [7, 11) is 3.96. The van der Waals surface area contributed by atoms with Gasteiger partial charge in [-0.15, -0.1) is 0 Å². The van der Waals surface area contributed by atoms with Crippen molar-refractivity contribution in [2.45, 2.75) is 51.0 Å². The molecule has 0 unspecified atom stereocenters. The quantitative estimate of drug-likeness (QED) is 0.574. The molecule has 5 heteroatoms. The minimum atomic E-state index is -0.450. The van der Waals surface area contributed by atoms with E-state index in [0.717, 1.165) is 38.6 Å². The van der Waals surface area contributed by atoms with Crippen LogP contribution in [0.5, 0.6) is 0 Å². The highest BCUT2D eigenvalue weighted by Crippen LogP contribution is 2.42. The van der Waals surface area contributed by atoms with Crippen molar-refractivity contribution in [3.05, 3.63) is 11.1 Å². The third kappa shape index (κ3) is 3.84. The highest BCUT2D eigenvalue weighted by atomic mass is 16.6. The molecule has 0 atom stereocenters. The van der Waals surface area contributed by atoms with E-state index in [1.54, 1.807) is 6.92 Å². The van der Waals surface area contributed by atoms with E-state index in [-0.39, 0.29) is 11.9 Å². The SMILES string of the molecule is CC1=C(C(=O)OCCCN(C)C)CC2(CCCC2)OC1=O. The molecule has 1 spiro atoms. The molecule has 0 amide bonds. The maximum atomic E-state index is 12.2. The van der Waals surface area contributed by atoms with Gasteiger partial charge in [0, 0.05) is 18.5 Å². The van der Waals surface area contributed by atoms with E-state index < -0.39 is 5.60 Å². The first kappa shape index (κ1) is 16.0. The van der Waals surface area contributed by atoms with Gasteiger partial charge in [0.15, 0.2) is 0 Å². The molecule has 0 aromatic carbocycles. The van der Waals surface area contributed by atoms with Crippen molar-refractivity contribution < 1.29 is 19.1 Å². The summed E-state index contributed by atoms with van der Waals surface area (Å²) in [6.07, 6.45) is 5.11.